The standard InChI is InChI=1S/C30H37Cl3N4O5/c1-2-26-22(30(40)41)4-3-10-37(26)28(38)19-42-27-17-21(31)6-7-23(27)29(39)34-9-11-35-12-14-36(15-13-35)18-20-5-8-24(32)25(33)16-20/h5-8,16-17,22,26H,2-4,9-15,18-19H2,1H3,(H,34,39)(H,40,41). The Balaban J connectivity index is 1.25. The van der Waals surface area contributed by atoms with Gasteiger partial charge in [-0.15, -0.1) is 0 Å². The summed E-state index contributed by atoms with van der Waals surface area (Å²) in [5, 5.41) is 14.0. The van der Waals surface area contributed by atoms with Gasteiger partial charge in [0.25, 0.3) is 11.8 Å². The number of carboxylic acids is 1. The minimum atomic E-state index is -0.890. The largest absolute Gasteiger partial charge is 0.483 e. The molecule has 2 amide bonds. The maximum atomic E-state index is 13.0. The monoisotopic (exact) mass is 638 g/mol. The van der Waals surface area contributed by atoms with Gasteiger partial charge in [0.15, 0.2) is 6.61 Å². The Kier molecular flexibility index (Phi) is 11.7. The fourth-order valence-electron chi connectivity index (χ4n) is 5.68. The first-order valence-corrected chi connectivity index (χ1v) is 15.4. The van der Waals surface area contributed by atoms with Gasteiger partial charge in [0.05, 0.1) is 21.5 Å². The Bertz CT molecular complexity index is 1270. The lowest BCUT2D eigenvalue weighted by Crippen LogP contribution is -2.51. The molecule has 12 heteroatoms. The van der Waals surface area contributed by atoms with E-state index in [9.17, 15) is 19.5 Å². The zero-order valence-corrected chi connectivity index (χ0v) is 25.9. The number of amides is 2. The summed E-state index contributed by atoms with van der Waals surface area (Å²) in [4.78, 5) is 44.0. The summed E-state index contributed by atoms with van der Waals surface area (Å²) in [5.41, 5.74) is 1.41. The molecule has 2 aliphatic heterocycles. The summed E-state index contributed by atoms with van der Waals surface area (Å²) in [6.07, 6.45) is 1.71. The molecule has 0 spiro atoms. The van der Waals surface area contributed by atoms with E-state index in [-0.39, 0.29) is 35.8 Å². The number of hydrogen-bond acceptors (Lipinski definition) is 6. The number of carboxylic acid groups (broad SMARTS) is 1. The summed E-state index contributed by atoms with van der Waals surface area (Å²) in [7, 11) is 0. The molecule has 2 N–H and O–H groups in total. The molecule has 2 aromatic rings. The van der Waals surface area contributed by atoms with Crippen LogP contribution in [0.2, 0.25) is 15.1 Å². The third kappa shape index (κ3) is 8.51. The van der Waals surface area contributed by atoms with Crippen LogP contribution in [0.3, 0.4) is 0 Å². The maximum absolute atomic E-state index is 13.0. The fourth-order valence-corrected chi connectivity index (χ4v) is 6.16. The van der Waals surface area contributed by atoms with E-state index < -0.39 is 11.9 Å². The highest BCUT2D eigenvalue weighted by atomic mass is 35.5. The van der Waals surface area contributed by atoms with Crippen LogP contribution in [0.1, 0.15) is 42.1 Å². The summed E-state index contributed by atoms with van der Waals surface area (Å²) in [6.45, 7) is 7.58. The van der Waals surface area contributed by atoms with Crippen molar-refractivity contribution >= 4 is 52.6 Å². The predicted molar refractivity (Wildman–Crippen MR) is 164 cm³/mol. The highest BCUT2D eigenvalue weighted by Crippen LogP contribution is 2.28. The van der Waals surface area contributed by atoms with Crippen molar-refractivity contribution in [3.63, 3.8) is 0 Å². The van der Waals surface area contributed by atoms with Crippen LogP contribution in [0.5, 0.6) is 5.75 Å². The average Bonchev–Trinajstić information content (AvgIpc) is 2.98. The molecule has 2 heterocycles. The zero-order chi connectivity index (χ0) is 30.2. The Labute approximate surface area is 261 Å². The van der Waals surface area contributed by atoms with Crippen LogP contribution < -0.4 is 10.1 Å². The van der Waals surface area contributed by atoms with Crippen LogP contribution >= 0.6 is 34.8 Å². The van der Waals surface area contributed by atoms with E-state index in [0.29, 0.717) is 54.0 Å². The van der Waals surface area contributed by atoms with Gasteiger partial charge in [0, 0.05) is 63.4 Å². The molecular formula is C30H37Cl3N4O5. The molecule has 228 valence electrons. The SMILES string of the molecule is CCC1C(C(=O)O)CCCN1C(=O)COc1cc(Cl)ccc1C(=O)NCCN1CCN(Cc2ccc(Cl)c(Cl)c2)CC1. The molecule has 2 saturated heterocycles. The molecule has 0 aliphatic carbocycles. The van der Waals surface area contributed by atoms with Gasteiger partial charge in [0.1, 0.15) is 5.75 Å². The Morgan fingerprint density at radius 3 is 2.40 bits per heavy atom. The van der Waals surface area contributed by atoms with E-state index in [1.54, 1.807) is 17.0 Å². The van der Waals surface area contributed by atoms with Crippen molar-refractivity contribution in [2.45, 2.75) is 38.8 Å². The first-order valence-electron chi connectivity index (χ1n) is 14.3. The molecule has 0 radical (unpaired) electrons. The van der Waals surface area contributed by atoms with Crippen molar-refractivity contribution in [1.82, 2.24) is 20.0 Å². The van der Waals surface area contributed by atoms with Crippen molar-refractivity contribution < 1.29 is 24.2 Å². The third-order valence-electron chi connectivity index (χ3n) is 7.94. The van der Waals surface area contributed by atoms with Gasteiger partial charge in [-0.2, -0.15) is 0 Å². The minimum Gasteiger partial charge on any atom is -0.483 e. The number of ether oxygens (including phenoxy) is 1. The van der Waals surface area contributed by atoms with Crippen molar-refractivity contribution in [1.29, 1.82) is 0 Å². The normalized spacial score (nSPS) is 19.9. The summed E-state index contributed by atoms with van der Waals surface area (Å²) < 4.78 is 5.80. The lowest BCUT2D eigenvalue weighted by Gasteiger charge is -2.39. The van der Waals surface area contributed by atoms with Crippen molar-refractivity contribution in [2.75, 3.05) is 52.4 Å². The number of halogens is 3. The number of benzene rings is 2. The van der Waals surface area contributed by atoms with Gasteiger partial charge < -0.3 is 20.1 Å². The van der Waals surface area contributed by atoms with Crippen LogP contribution in [-0.4, -0.2) is 96.1 Å². The molecule has 0 saturated carbocycles. The van der Waals surface area contributed by atoms with Gasteiger partial charge >= 0.3 is 5.97 Å². The van der Waals surface area contributed by atoms with E-state index in [1.807, 2.05) is 25.1 Å². The number of piperazine rings is 1. The molecule has 0 bridgehead atoms. The minimum absolute atomic E-state index is 0.212. The number of piperidine rings is 1. The molecule has 2 aliphatic rings. The molecule has 9 nitrogen and oxygen atoms in total. The molecule has 2 unspecified atom stereocenters. The molecular weight excluding hydrogens is 603 g/mol. The summed E-state index contributed by atoms with van der Waals surface area (Å²) >= 11 is 18.3. The number of nitrogens with zero attached hydrogens (tertiary/aromatic N) is 3. The van der Waals surface area contributed by atoms with Crippen molar-refractivity contribution in [3.8, 4) is 5.75 Å². The third-order valence-corrected chi connectivity index (χ3v) is 8.92. The highest BCUT2D eigenvalue weighted by molar-refractivity contribution is 6.42. The highest BCUT2D eigenvalue weighted by Gasteiger charge is 2.37. The van der Waals surface area contributed by atoms with E-state index in [4.69, 9.17) is 39.5 Å². The van der Waals surface area contributed by atoms with Gasteiger partial charge in [-0.05, 0) is 55.2 Å². The topological polar surface area (TPSA) is 102 Å². The Hall–Kier alpha value is -2.56. The van der Waals surface area contributed by atoms with E-state index in [0.717, 1.165) is 38.3 Å². The number of aliphatic carboxylic acids is 1. The Morgan fingerprint density at radius 1 is 0.976 bits per heavy atom. The number of hydrogen-bond donors (Lipinski definition) is 2. The number of likely N-dealkylation sites (tertiary alicyclic amines) is 1. The molecule has 0 aromatic heterocycles. The molecule has 2 fully saturated rings. The first kappa shape index (κ1) is 32.4. The zero-order valence-electron chi connectivity index (χ0n) is 23.7. The molecule has 2 aromatic carbocycles. The van der Waals surface area contributed by atoms with Crippen LogP contribution in [0.15, 0.2) is 36.4 Å². The first-order chi connectivity index (χ1) is 20.2. The fraction of sp³-hybridized carbons (Fsp3) is 0.500. The van der Waals surface area contributed by atoms with Gasteiger partial charge in [0.2, 0.25) is 0 Å². The smallest absolute Gasteiger partial charge is 0.308 e. The second kappa shape index (κ2) is 15.3. The van der Waals surface area contributed by atoms with Gasteiger partial charge in [-0.3, -0.25) is 24.2 Å². The van der Waals surface area contributed by atoms with Gasteiger partial charge in [-0.25, -0.2) is 0 Å². The quantitative estimate of drug-likeness (QED) is 0.368. The Morgan fingerprint density at radius 2 is 1.71 bits per heavy atom. The lowest BCUT2D eigenvalue weighted by molar-refractivity contribution is -0.150. The lowest BCUT2D eigenvalue weighted by atomic mass is 9.87. The van der Waals surface area contributed by atoms with E-state index in [2.05, 4.69) is 15.1 Å². The van der Waals surface area contributed by atoms with E-state index in [1.165, 1.54) is 6.07 Å². The number of rotatable bonds is 11. The molecule has 2 atom stereocenters. The predicted octanol–water partition coefficient (Wildman–Crippen LogP) is 4.68. The summed E-state index contributed by atoms with van der Waals surface area (Å²) in [5.74, 6) is -1.89. The van der Waals surface area contributed by atoms with Crippen molar-refractivity contribution in [3.05, 3.63) is 62.6 Å². The summed E-state index contributed by atoms with van der Waals surface area (Å²) in [6, 6.07) is 10.0. The maximum Gasteiger partial charge on any atom is 0.308 e. The van der Waals surface area contributed by atoms with Crippen LogP contribution in [0.4, 0.5) is 0 Å². The van der Waals surface area contributed by atoms with Gasteiger partial charge in [-0.1, -0.05) is 47.8 Å². The van der Waals surface area contributed by atoms with Crippen LogP contribution in [-0.2, 0) is 16.1 Å². The van der Waals surface area contributed by atoms with Crippen molar-refractivity contribution in [2.24, 2.45) is 5.92 Å². The number of carbonyl (C=O) groups is 3. The molecule has 4 rings (SSSR count). The van der Waals surface area contributed by atoms with Crippen LogP contribution in [0.25, 0.3) is 0 Å². The average molecular weight is 640 g/mol. The van der Waals surface area contributed by atoms with Crippen LogP contribution in [0, 0.1) is 5.92 Å². The second-order valence-corrected chi connectivity index (χ2v) is 12.0. The number of nitrogens with one attached hydrogen (secondary N) is 1. The second-order valence-electron chi connectivity index (χ2n) is 10.7. The van der Waals surface area contributed by atoms with E-state index >= 15 is 0 Å². The molecule has 42 heavy (non-hydrogen) atoms. The number of carbonyl (C=O) groups excluding carboxylic acids is 2.